The van der Waals surface area contributed by atoms with Crippen LogP contribution >= 0.6 is 11.6 Å². The van der Waals surface area contributed by atoms with Crippen LogP contribution in [0.2, 0.25) is 5.02 Å². The van der Waals surface area contributed by atoms with Crippen LogP contribution in [0, 0.1) is 0 Å². The lowest BCUT2D eigenvalue weighted by Crippen LogP contribution is -2.61. The normalized spacial score (nSPS) is 24.5. The van der Waals surface area contributed by atoms with Crippen LogP contribution < -0.4 is 10.2 Å². The van der Waals surface area contributed by atoms with Crippen LogP contribution in [0.5, 0.6) is 0 Å². The first-order chi connectivity index (χ1) is 7.46. The Morgan fingerprint density at radius 1 is 1.44 bits per heavy atom. The van der Waals surface area contributed by atoms with Crippen molar-refractivity contribution in [3.05, 3.63) is 29.3 Å². The number of nitrogens with zero attached hydrogens (tertiary/aromatic N) is 1. The molecule has 2 rings (SSSR count). The van der Waals surface area contributed by atoms with E-state index in [0.717, 1.165) is 18.1 Å². The zero-order valence-corrected chi connectivity index (χ0v) is 10.9. The smallest absolute Gasteiger partial charge is 0.0426 e. The molecule has 2 nitrogen and oxygen atoms in total. The predicted octanol–water partition coefficient (Wildman–Crippen LogP) is 2.92. The van der Waals surface area contributed by atoms with Crippen LogP contribution in [0.4, 0.5) is 5.69 Å². The Balaban J connectivity index is 2.21. The molecular weight excluding hydrogens is 220 g/mol. The van der Waals surface area contributed by atoms with Gasteiger partial charge < -0.3 is 10.2 Å². The highest BCUT2D eigenvalue weighted by Crippen LogP contribution is 2.24. The lowest BCUT2D eigenvalue weighted by Gasteiger charge is -2.44. The number of rotatable bonds is 1. The summed E-state index contributed by atoms with van der Waals surface area (Å²) in [6, 6.07) is 8.59. The largest absolute Gasteiger partial charge is 0.368 e. The van der Waals surface area contributed by atoms with E-state index >= 15 is 0 Å². The minimum Gasteiger partial charge on any atom is -0.368 e. The minimum absolute atomic E-state index is 0.153. The molecule has 1 aromatic rings. The van der Waals surface area contributed by atoms with Crippen molar-refractivity contribution >= 4 is 17.3 Å². The maximum Gasteiger partial charge on any atom is 0.0426 e. The molecule has 0 saturated carbocycles. The first kappa shape index (κ1) is 11.7. The molecule has 1 atom stereocenters. The highest BCUT2D eigenvalue weighted by Gasteiger charge is 2.29. The van der Waals surface area contributed by atoms with Crippen LogP contribution in [0.15, 0.2) is 24.3 Å². The van der Waals surface area contributed by atoms with E-state index in [-0.39, 0.29) is 5.54 Å². The number of halogens is 1. The third-order valence-corrected chi connectivity index (χ3v) is 3.13. The number of hydrogen-bond acceptors (Lipinski definition) is 2. The molecule has 1 aliphatic heterocycles. The van der Waals surface area contributed by atoms with Gasteiger partial charge in [-0.3, -0.25) is 0 Å². The highest BCUT2D eigenvalue weighted by molar-refractivity contribution is 6.30. The average Bonchev–Trinajstić information content (AvgIpc) is 2.14. The van der Waals surface area contributed by atoms with Gasteiger partial charge in [-0.15, -0.1) is 0 Å². The summed E-state index contributed by atoms with van der Waals surface area (Å²) in [6.07, 6.45) is 0. The molecule has 1 heterocycles. The Hall–Kier alpha value is -0.730. The maximum absolute atomic E-state index is 6.03. The van der Waals surface area contributed by atoms with Crippen molar-refractivity contribution in [1.82, 2.24) is 5.32 Å². The number of piperazine rings is 1. The summed E-state index contributed by atoms with van der Waals surface area (Å²) in [5, 5.41) is 4.40. The van der Waals surface area contributed by atoms with Crippen molar-refractivity contribution in [3.63, 3.8) is 0 Å². The van der Waals surface area contributed by atoms with E-state index < -0.39 is 0 Å². The van der Waals surface area contributed by atoms with Crippen molar-refractivity contribution in [3.8, 4) is 0 Å². The topological polar surface area (TPSA) is 15.3 Å². The van der Waals surface area contributed by atoms with Crippen LogP contribution in [0.3, 0.4) is 0 Å². The Morgan fingerprint density at radius 3 is 2.81 bits per heavy atom. The summed E-state index contributed by atoms with van der Waals surface area (Å²) in [5.41, 5.74) is 1.37. The standard InChI is InChI=1S/C13H19ClN2/c1-10-8-16(9-13(2,3)15-10)12-6-4-5-11(14)7-12/h4-7,10,15H,8-9H2,1-3H3. The van der Waals surface area contributed by atoms with Crippen molar-refractivity contribution in [2.75, 3.05) is 18.0 Å². The molecule has 1 fully saturated rings. The molecule has 0 bridgehead atoms. The molecule has 0 aromatic heterocycles. The molecule has 1 N–H and O–H groups in total. The fourth-order valence-corrected chi connectivity index (χ4v) is 2.68. The zero-order chi connectivity index (χ0) is 11.8. The Kier molecular flexibility index (Phi) is 3.13. The van der Waals surface area contributed by atoms with E-state index in [1.807, 2.05) is 18.2 Å². The van der Waals surface area contributed by atoms with Gasteiger partial charge in [0, 0.05) is 35.4 Å². The van der Waals surface area contributed by atoms with Gasteiger partial charge in [0.15, 0.2) is 0 Å². The molecule has 88 valence electrons. The van der Waals surface area contributed by atoms with E-state index in [1.165, 1.54) is 5.69 Å². The monoisotopic (exact) mass is 238 g/mol. The van der Waals surface area contributed by atoms with Gasteiger partial charge >= 0.3 is 0 Å². The van der Waals surface area contributed by atoms with E-state index in [1.54, 1.807) is 0 Å². The predicted molar refractivity (Wildman–Crippen MR) is 70.3 cm³/mol. The maximum atomic E-state index is 6.03. The van der Waals surface area contributed by atoms with Crippen LogP contribution in [0.1, 0.15) is 20.8 Å². The summed E-state index contributed by atoms with van der Waals surface area (Å²) in [4.78, 5) is 2.40. The summed E-state index contributed by atoms with van der Waals surface area (Å²) >= 11 is 6.03. The average molecular weight is 239 g/mol. The summed E-state index contributed by atoms with van der Waals surface area (Å²) < 4.78 is 0. The summed E-state index contributed by atoms with van der Waals surface area (Å²) in [5.74, 6) is 0. The molecule has 1 aromatic carbocycles. The fraction of sp³-hybridized carbons (Fsp3) is 0.538. The zero-order valence-electron chi connectivity index (χ0n) is 10.1. The molecule has 1 aliphatic rings. The highest BCUT2D eigenvalue weighted by atomic mass is 35.5. The second-order valence-corrected chi connectivity index (χ2v) is 5.73. The van der Waals surface area contributed by atoms with Gasteiger partial charge in [0.2, 0.25) is 0 Å². The fourth-order valence-electron chi connectivity index (χ4n) is 2.50. The van der Waals surface area contributed by atoms with E-state index in [9.17, 15) is 0 Å². The molecule has 1 unspecified atom stereocenters. The van der Waals surface area contributed by atoms with Gasteiger partial charge in [-0.05, 0) is 39.0 Å². The van der Waals surface area contributed by atoms with Gasteiger partial charge in [-0.2, -0.15) is 0 Å². The van der Waals surface area contributed by atoms with Gasteiger partial charge in [-0.1, -0.05) is 17.7 Å². The van der Waals surface area contributed by atoms with E-state index in [4.69, 9.17) is 11.6 Å². The first-order valence-electron chi connectivity index (χ1n) is 5.74. The second-order valence-electron chi connectivity index (χ2n) is 5.29. The van der Waals surface area contributed by atoms with E-state index in [2.05, 4.69) is 37.1 Å². The van der Waals surface area contributed by atoms with Gasteiger partial charge in [0.25, 0.3) is 0 Å². The quantitative estimate of drug-likeness (QED) is 0.810. The summed E-state index contributed by atoms with van der Waals surface area (Å²) in [7, 11) is 0. The minimum atomic E-state index is 0.153. The molecule has 0 aliphatic carbocycles. The van der Waals surface area contributed by atoms with Crippen molar-refractivity contribution in [2.45, 2.75) is 32.4 Å². The Labute approximate surface area is 103 Å². The van der Waals surface area contributed by atoms with Crippen molar-refractivity contribution in [2.24, 2.45) is 0 Å². The lowest BCUT2D eigenvalue weighted by molar-refractivity contribution is 0.301. The second kappa shape index (κ2) is 4.27. The molecule has 0 radical (unpaired) electrons. The van der Waals surface area contributed by atoms with Gasteiger partial charge in [0.1, 0.15) is 0 Å². The number of nitrogens with one attached hydrogen (secondary N) is 1. The molecule has 16 heavy (non-hydrogen) atoms. The first-order valence-corrected chi connectivity index (χ1v) is 6.12. The van der Waals surface area contributed by atoms with Crippen LogP contribution in [-0.2, 0) is 0 Å². The number of benzene rings is 1. The third kappa shape index (κ3) is 2.69. The third-order valence-electron chi connectivity index (χ3n) is 2.89. The Morgan fingerprint density at radius 2 is 2.19 bits per heavy atom. The van der Waals surface area contributed by atoms with Gasteiger partial charge in [0.05, 0.1) is 0 Å². The van der Waals surface area contributed by atoms with Gasteiger partial charge in [-0.25, -0.2) is 0 Å². The molecule has 0 amide bonds. The van der Waals surface area contributed by atoms with Crippen molar-refractivity contribution in [1.29, 1.82) is 0 Å². The number of anilines is 1. The van der Waals surface area contributed by atoms with E-state index in [0.29, 0.717) is 6.04 Å². The SMILES string of the molecule is CC1CN(c2cccc(Cl)c2)CC(C)(C)N1. The lowest BCUT2D eigenvalue weighted by atomic mass is 9.98. The molecule has 1 saturated heterocycles. The number of hydrogen-bond donors (Lipinski definition) is 1. The Bertz CT molecular complexity index is 376. The van der Waals surface area contributed by atoms with Crippen molar-refractivity contribution < 1.29 is 0 Å². The summed E-state index contributed by atoms with van der Waals surface area (Å²) in [6.45, 7) is 8.74. The molecule has 3 heteroatoms. The van der Waals surface area contributed by atoms with Crippen LogP contribution in [0.25, 0.3) is 0 Å². The van der Waals surface area contributed by atoms with Crippen LogP contribution in [-0.4, -0.2) is 24.7 Å². The molecular formula is C13H19ClN2. The molecule has 0 spiro atoms.